The summed E-state index contributed by atoms with van der Waals surface area (Å²) in [5.74, 6) is -0.767. The van der Waals surface area contributed by atoms with Gasteiger partial charge in [-0.05, 0) is 59.9 Å². The molecule has 0 unspecified atom stereocenters. The predicted molar refractivity (Wildman–Crippen MR) is 116 cm³/mol. The van der Waals surface area contributed by atoms with Crippen LogP contribution in [0.1, 0.15) is 12.0 Å². The number of imide groups is 1. The number of halogens is 1. The Morgan fingerprint density at radius 1 is 0.938 bits per heavy atom. The van der Waals surface area contributed by atoms with Gasteiger partial charge in [0.25, 0.3) is 0 Å². The lowest BCUT2D eigenvalue weighted by molar-refractivity contribution is -0.146. The molecule has 2 bridgehead atoms. The Hall–Kier alpha value is -3.28. The van der Waals surface area contributed by atoms with Gasteiger partial charge in [-0.1, -0.05) is 42.5 Å². The van der Waals surface area contributed by atoms with Crippen molar-refractivity contribution >= 4 is 23.4 Å². The lowest BCUT2D eigenvalue weighted by Gasteiger charge is -2.37. The SMILES string of the molecule is O=C(Nc1ccc(F)cc1)[C@H](Cc1ccccc1)N1C(=O)[C@@H]2[C@H]3C=C[C@@H]([C@@H]4C[C@@H]34)[C@H]2C1=O. The Labute approximate surface area is 185 Å². The molecule has 5 aliphatic rings. The zero-order valence-electron chi connectivity index (χ0n) is 17.4. The van der Waals surface area contributed by atoms with Crippen LogP contribution in [0.15, 0.2) is 66.7 Å². The Bertz CT molecular complexity index is 1090. The van der Waals surface area contributed by atoms with Crippen LogP contribution in [0, 0.1) is 41.3 Å². The van der Waals surface area contributed by atoms with E-state index in [9.17, 15) is 18.8 Å². The maximum absolute atomic E-state index is 13.6. The Morgan fingerprint density at radius 3 is 2.12 bits per heavy atom. The van der Waals surface area contributed by atoms with Gasteiger partial charge in [-0.2, -0.15) is 0 Å². The molecule has 2 saturated carbocycles. The van der Waals surface area contributed by atoms with Crippen LogP contribution in [-0.4, -0.2) is 28.7 Å². The number of allylic oxidation sites excluding steroid dienone is 2. The third kappa shape index (κ3) is 2.93. The van der Waals surface area contributed by atoms with E-state index in [4.69, 9.17) is 0 Å². The number of amides is 3. The van der Waals surface area contributed by atoms with Gasteiger partial charge in [0.15, 0.2) is 0 Å². The Balaban J connectivity index is 1.33. The van der Waals surface area contributed by atoms with E-state index in [1.54, 1.807) is 0 Å². The largest absolute Gasteiger partial charge is 0.324 e. The summed E-state index contributed by atoms with van der Waals surface area (Å²) in [6, 6.07) is 13.9. The third-order valence-electron chi connectivity index (χ3n) is 7.69. The van der Waals surface area contributed by atoms with Crippen LogP contribution in [0.2, 0.25) is 0 Å². The molecule has 7 rings (SSSR count). The van der Waals surface area contributed by atoms with Gasteiger partial charge in [0.1, 0.15) is 11.9 Å². The van der Waals surface area contributed by atoms with E-state index in [1.165, 1.54) is 29.2 Å². The average Bonchev–Trinajstić information content (AvgIpc) is 3.58. The first-order chi connectivity index (χ1) is 15.5. The summed E-state index contributed by atoms with van der Waals surface area (Å²) in [5, 5.41) is 2.78. The van der Waals surface area contributed by atoms with E-state index in [0.29, 0.717) is 17.5 Å². The highest BCUT2D eigenvalue weighted by atomic mass is 19.1. The van der Waals surface area contributed by atoms with Crippen molar-refractivity contribution in [3.05, 3.63) is 78.1 Å². The van der Waals surface area contributed by atoms with Crippen LogP contribution in [-0.2, 0) is 20.8 Å². The smallest absolute Gasteiger partial charge is 0.248 e. The number of nitrogens with one attached hydrogen (secondary N) is 1. The summed E-state index contributed by atoms with van der Waals surface area (Å²) in [6.45, 7) is 0. The highest BCUT2D eigenvalue weighted by molar-refractivity contribution is 6.10. The molecule has 0 spiro atoms. The second kappa shape index (κ2) is 7.12. The molecule has 1 N–H and O–H groups in total. The van der Waals surface area contributed by atoms with Gasteiger partial charge < -0.3 is 5.32 Å². The van der Waals surface area contributed by atoms with Gasteiger partial charge in [0.2, 0.25) is 17.7 Å². The van der Waals surface area contributed by atoms with Gasteiger partial charge >= 0.3 is 0 Å². The number of hydrogen-bond donors (Lipinski definition) is 1. The van der Waals surface area contributed by atoms with E-state index < -0.39 is 17.8 Å². The van der Waals surface area contributed by atoms with Crippen LogP contribution in [0.3, 0.4) is 0 Å². The topological polar surface area (TPSA) is 66.5 Å². The maximum atomic E-state index is 13.6. The number of benzene rings is 2. The van der Waals surface area contributed by atoms with Crippen LogP contribution in [0.25, 0.3) is 0 Å². The quantitative estimate of drug-likeness (QED) is 0.584. The predicted octanol–water partition coefficient (Wildman–Crippen LogP) is 3.43. The monoisotopic (exact) mass is 430 g/mol. The van der Waals surface area contributed by atoms with Crippen LogP contribution < -0.4 is 5.32 Å². The van der Waals surface area contributed by atoms with Gasteiger partial charge in [-0.15, -0.1) is 0 Å². The van der Waals surface area contributed by atoms with Gasteiger partial charge in [0.05, 0.1) is 11.8 Å². The highest BCUT2D eigenvalue weighted by Gasteiger charge is 2.67. The normalized spacial score (nSPS) is 32.5. The molecule has 3 fully saturated rings. The molecule has 162 valence electrons. The van der Waals surface area contributed by atoms with Crippen molar-refractivity contribution < 1.29 is 18.8 Å². The van der Waals surface area contributed by atoms with Crippen LogP contribution in [0.5, 0.6) is 0 Å². The fourth-order valence-electron chi connectivity index (χ4n) is 6.18. The van der Waals surface area contributed by atoms with Crippen molar-refractivity contribution in [3.63, 3.8) is 0 Å². The van der Waals surface area contributed by atoms with Crippen molar-refractivity contribution in [1.82, 2.24) is 4.90 Å². The first kappa shape index (κ1) is 19.4. The van der Waals surface area contributed by atoms with Crippen molar-refractivity contribution in [1.29, 1.82) is 0 Å². The van der Waals surface area contributed by atoms with Crippen molar-refractivity contribution in [2.45, 2.75) is 18.9 Å². The number of carbonyl (C=O) groups is 3. The zero-order chi connectivity index (χ0) is 22.0. The van der Waals surface area contributed by atoms with Crippen molar-refractivity contribution in [2.75, 3.05) is 5.32 Å². The van der Waals surface area contributed by atoms with Crippen LogP contribution in [0.4, 0.5) is 10.1 Å². The second-order valence-electron chi connectivity index (χ2n) is 9.40. The molecule has 2 aromatic carbocycles. The second-order valence-corrected chi connectivity index (χ2v) is 9.40. The van der Waals surface area contributed by atoms with Gasteiger partial charge in [-0.3, -0.25) is 19.3 Å². The fourth-order valence-corrected chi connectivity index (χ4v) is 6.18. The molecule has 2 aromatic rings. The summed E-state index contributed by atoms with van der Waals surface area (Å²) in [7, 11) is 0. The minimum absolute atomic E-state index is 0.106. The minimum Gasteiger partial charge on any atom is -0.324 e. The van der Waals surface area contributed by atoms with E-state index >= 15 is 0 Å². The molecule has 3 amide bonds. The lowest BCUT2D eigenvalue weighted by atomic mass is 9.63. The number of rotatable bonds is 5. The van der Waals surface area contributed by atoms with Crippen LogP contribution >= 0.6 is 0 Å². The molecule has 0 aromatic heterocycles. The molecule has 0 radical (unpaired) electrons. The number of likely N-dealkylation sites (tertiary alicyclic amines) is 1. The van der Waals surface area contributed by atoms with E-state index in [2.05, 4.69) is 17.5 Å². The van der Waals surface area contributed by atoms with E-state index in [0.717, 1.165) is 12.0 Å². The standard InChI is InChI=1S/C26H23FN2O3/c27-15-6-8-16(9-7-15)28-24(30)21(12-14-4-2-1-3-5-14)29-25(31)22-17-10-11-18(20-13-19(17)20)23(22)26(29)32/h1-11,17-23H,12-13H2,(H,28,30)/t17-,18-,19-,20-,21-,22+,23+/m0/s1. The molecule has 6 heteroatoms. The molecule has 1 saturated heterocycles. The summed E-state index contributed by atoms with van der Waals surface area (Å²) in [5.41, 5.74) is 1.29. The van der Waals surface area contributed by atoms with Crippen molar-refractivity contribution in [3.8, 4) is 0 Å². The van der Waals surface area contributed by atoms with Gasteiger partial charge in [-0.25, -0.2) is 4.39 Å². The number of anilines is 1. The molecule has 1 aliphatic heterocycles. The van der Waals surface area contributed by atoms with E-state index in [-0.39, 0.29) is 41.9 Å². The molecular formula is C26H23FN2O3. The lowest BCUT2D eigenvalue weighted by Crippen LogP contribution is -2.49. The molecular weight excluding hydrogens is 407 g/mol. The van der Waals surface area contributed by atoms with Gasteiger partial charge in [0, 0.05) is 12.1 Å². The number of hydrogen-bond acceptors (Lipinski definition) is 3. The first-order valence-electron chi connectivity index (χ1n) is 11.2. The summed E-state index contributed by atoms with van der Waals surface area (Å²) in [4.78, 5) is 41.8. The first-order valence-corrected chi connectivity index (χ1v) is 11.2. The summed E-state index contributed by atoms with van der Waals surface area (Å²) >= 11 is 0. The van der Waals surface area contributed by atoms with E-state index in [1.807, 2.05) is 30.3 Å². The maximum Gasteiger partial charge on any atom is 0.248 e. The summed E-state index contributed by atoms with van der Waals surface area (Å²) in [6.07, 6.45) is 5.58. The number of nitrogens with zero attached hydrogens (tertiary/aromatic N) is 1. The average molecular weight is 430 g/mol. The molecule has 7 atom stereocenters. The fraction of sp³-hybridized carbons (Fsp3) is 0.346. The highest BCUT2D eigenvalue weighted by Crippen LogP contribution is 2.65. The summed E-state index contributed by atoms with van der Waals surface area (Å²) < 4.78 is 13.3. The zero-order valence-corrected chi connectivity index (χ0v) is 17.4. The van der Waals surface area contributed by atoms with Crippen molar-refractivity contribution in [2.24, 2.45) is 35.5 Å². The molecule has 5 nitrogen and oxygen atoms in total. The Morgan fingerprint density at radius 2 is 1.53 bits per heavy atom. The third-order valence-corrected chi connectivity index (χ3v) is 7.69. The number of carbonyl (C=O) groups excluding carboxylic acids is 3. The molecule has 32 heavy (non-hydrogen) atoms. The minimum atomic E-state index is -0.955. The molecule has 1 heterocycles. The Kier molecular flexibility index (Phi) is 4.32. The molecule has 4 aliphatic carbocycles.